The van der Waals surface area contributed by atoms with E-state index in [0.29, 0.717) is 17.7 Å². The van der Waals surface area contributed by atoms with Crippen molar-refractivity contribution in [3.63, 3.8) is 0 Å². The van der Waals surface area contributed by atoms with Crippen LogP contribution in [-0.4, -0.2) is 15.9 Å². The standard InChI is InChI=1S/C24H20FNO2/c1-16-10-12-18(13-11-16)21-22(19-8-5-9-20(25)14-19)26(24(28)23(21)27)15-17-6-3-2-4-7-17/h2-14,22,27H,15H2,1H3/t22-/m0/s1. The van der Waals surface area contributed by atoms with Gasteiger partial charge in [0.05, 0.1) is 6.04 Å². The van der Waals surface area contributed by atoms with Gasteiger partial charge in [-0.1, -0.05) is 72.3 Å². The van der Waals surface area contributed by atoms with Crippen LogP contribution < -0.4 is 0 Å². The van der Waals surface area contributed by atoms with Crippen LogP contribution >= 0.6 is 0 Å². The van der Waals surface area contributed by atoms with E-state index >= 15 is 0 Å². The van der Waals surface area contributed by atoms with E-state index in [1.807, 2.05) is 61.5 Å². The number of nitrogens with zero attached hydrogens (tertiary/aromatic N) is 1. The molecule has 1 aliphatic heterocycles. The summed E-state index contributed by atoms with van der Waals surface area (Å²) < 4.78 is 14.0. The molecule has 0 aromatic heterocycles. The summed E-state index contributed by atoms with van der Waals surface area (Å²) in [7, 11) is 0. The Balaban J connectivity index is 1.83. The smallest absolute Gasteiger partial charge is 0.290 e. The number of rotatable bonds is 4. The van der Waals surface area contributed by atoms with E-state index in [0.717, 1.165) is 16.7 Å². The number of hydrogen-bond acceptors (Lipinski definition) is 2. The van der Waals surface area contributed by atoms with Gasteiger partial charge >= 0.3 is 0 Å². The van der Waals surface area contributed by atoms with Crippen LogP contribution in [0, 0.1) is 12.7 Å². The second-order valence-corrected chi connectivity index (χ2v) is 7.00. The molecule has 0 aliphatic carbocycles. The Morgan fingerprint density at radius 1 is 0.964 bits per heavy atom. The Hall–Kier alpha value is -3.40. The fourth-order valence-electron chi connectivity index (χ4n) is 3.65. The largest absolute Gasteiger partial charge is 0.503 e. The van der Waals surface area contributed by atoms with Crippen LogP contribution in [0.4, 0.5) is 4.39 Å². The maximum Gasteiger partial charge on any atom is 0.290 e. The normalized spacial score (nSPS) is 16.7. The maximum absolute atomic E-state index is 14.0. The second-order valence-electron chi connectivity index (χ2n) is 7.00. The first-order valence-electron chi connectivity index (χ1n) is 9.15. The fourth-order valence-corrected chi connectivity index (χ4v) is 3.65. The van der Waals surface area contributed by atoms with E-state index in [-0.39, 0.29) is 11.6 Å². The molecule has 3 aromatic rings. The Morgan fingerprint density at radius 3 is 2.36 bits per heavy atom. The van der Waals surface area contributed by atoms with Crippen molar-refractivity contribution in [1.82, 2.24) is 4.90 Å². The molecule has 3 aromatic carbocycles. The van der Waals surface area contributed by atoms with Crippen molar-refractivity contribution < 1.29 is 14.3 Å². The summed E-state index contributed by atoms with van der Waals surface area (Å²) in [5.74, 6) is -1.11. The highest BCUT2D eigenvalue weighted by atomic mass is 19.1. The lowest BCUT2D eigenvalue weighted by atomic mass is 9.93. The van der Waals surface area contributed by atoms with Crippen LogP contribution in [0.25, 0.3) is 5.57 Å². The lowest BCUT2D eigenvalue weighted by Crippen LogP contribution is -2.29. The molecule has 1 atom stereocenters. The van der Waals surface area contributed by atoms with Gasteiger partial charge in [-0.15, -0.1) is 0 Å². The van der Waals surface area contributed by atoms with Gasteiger partial charge in [-0.25, -0.2) is 4.39 Å². The predicted molar refractivity (Wildman–Crippen MR) is 107 cm³/mol. The van der Waals surface area contributed by atoms with Crippen LogP contribution in [0.5, 0.6) is 0 Å². The monoisotopic (exact) mass is 373 g/mol. The SMILES string of the molecule is Cc1ccc(C2=C(O)C(=O)N(Cc3ccccc3)[C@H]2c2cccc(F)c2)cc1. The molecule has 4 rings (SSSR count). The molecule has 0 saturated heterocycles. The highest BCUT2D eigenvalue weighted by Crippen LogP contribution is 2.43. The van der Waals surface area contributed by atoms with Crippen LogP contribution in [0.3, 0.4) is 0 Å². The topological polar surface area (TPSA) is 40.5 Å². The molecule has 28 heavy (non-hydrogen) atoms. The Kier molecular flexibility index (Phi) is 4.70. The quantitative estimate of drug-likeness (QED) is 0.684. The number of halogens is 1. The van der Waals surface area contributed by atoms with Crippen LogP contribution in [0.2, 0.25) is 0 Å². The molecule has 140 valence electrons. The molecule has 1 aliphatic rings. The Bertz CT molecular complexity index is 1040. The van der Waals surface area contributed by atoms with E-state index in [2.05, 4.69) is 0 Å². The summed E-state index contributed by atoms with van der Waals surface area (Å²) in [4.78, 5) is 14.5. The highest BCUT2D eigenvalue weighted by molar-refractivity contribution is 6.05. The van der Waals surface area contributed by atoms with Gasteiger partial charge in [0.25, 0.3) is 5.91 Å². The zero-order chi connectivity index (χ0) is 19.7. The van der Waals surface area contributed by atoms with Crippen LogP contribution in [0.15, 0.2) is 84.6 Å². The molecule has 0 spiro atoms. The average molecular weight is 373 g/mol. The van der Waals surface area contributed by atoms with Gasteiger partial charge in [0.1, 0.15) is 5.82 Å². The summed E-state index contributed by atoms with van der Waals surface area (Å²) >= 11 is 0. The molecule has 1 N–H and O–H groups in total. The minimum Gasteiger partial charge on any atom is -0.503 e. The van der Waals surface area contributed by atoms with E-state index in [1.54, 1.807) is 17.0 Å². The first kappa shape index (κ1) is 18.0. The van der Waals surface area contributed by atoms with Gasteiger partial charge in [0, 0.05) is 12.1 Å². The second kappa shape index (κ2) is 7.31. The van der Waals surface area contributed by atoms with Gasteiger partial charge < -0.3 is 10.0 Å². The van der Waals surface area contributed by atoms with Crippen molar-refractivity contribution in [3.8, 4) is 0 Å². The molecule has 1 heterocycles. The van der Waals surface area contributed by atoms with Crippen molar-refractivity contribution in [2.45, 2.75) is 19.5 Å². The molecule has 3 nitrogen and oxygen atoms in total. The number of amides is 1. The van der Waals surface area contributed by atoms with E-state index in [9.17, 15) is 14.3 Å². The van der Waals surface area contributed by atoms with Crippen molar-refractivity contribution in [3.05, 3.63) is 113 Å². The molecule has 0 unspecified atom stereocenters. The number of benzene rings is 3. The first-order valence-corrected chi connectivity index (χ1v) is 9.15. The number of hydrogen-bond donors (Lipinski definition) is 1. The number of aliphatic hydroxyl groups is 1. The zero-order valence-corrected chi connectivity index (χ0v) is 15.5. The fraction of sp³-hybridized carbons (Fsp3) is 0.125. The molecule has 4 heteroatoms. The van der Waals surface area contributed by atoms with Crippen molar-refractivity contribution in [2.24, 2.45) is 0 Å². The van der Waals surface area contributed by atoms with Crippen molar-refractivity contribution in [2.75, 3.05) is 0 Å². The van der Waals surface area contributed by atoms with Crippen molar-refractivity contribution in [1.29, 1.82) is 0 Å². The van der Waals surface area contributed by atoms with Gasteiger partial charge in [-0.3, -0.25) is 4.79 Å². The molecule has 0 saturated carbocycles. The van der Waals surface area contributed by atoms with Crippen LogP contribution in [-0.2, 0) is 11.3 Å². The minimum absolute atomic E-state index is 0.283. The molecule has 0 bridgehead atoms. The lowest BCUT2D eigenvalue weighted by Gasteiger charge is -2.27. The molecular weight excluding hydrogens is 353 g/mol. The summed E-state index contributed by atoms with van der Waals surface area (Å²) in [5.41, 5.74) is 3.91. The third-order valence-corrected chi connectivity index (χ3v) is 5.03. The summed E-state index contributed by atoms with van der Waals surface area (Å²) in [6, 6.07) is 22.8. The first-order chi connectivity index (χ1) is 13.5. The van der Waals surface area contributed by atoms with Gasteiger partial charge in [0.2, 0.25) is 0 Å². The van der Waals surface area contributed by atoms with E-state index in [4.69, 9.17) is 0 Å². The van der Waals surface area contributed by atoms with E-state index in [1.165, 1.54) is 12.1 Å². The average Bonchev–Trinajstić information content (AvgIpc) is 2.94. The van der Waals surface area contributed by atoms with Crippen LogP contribution in [0.1, 0.15) is 28.3 Å². The summed E-state index contributed by atoms with van der Waals surface area (Å²) in [6.07, 6.45) is 0. The summed E-state index contributed by atoms with van der Waals surface area (Å²) in [5, 5.41) is 10.7. The maximum atomic E-state index is 14.0. The van der Waals surface area contributed by atoms with Gasteiger partial charge in [0.15, 0.2) is 5.76 Å². The minimum atomic E-state index is -0.564. The third-order valence-electron chi connectivity index (χ3n) is 5.03. The van der Waals surface area contributed by atoms with Gasteiger partial charge in [-0.05, 0) is 35.7 Å². The number of aryl methyl sites for hydroxylation is 1. The zero-order valence-electron chi connectivity index (χ0n) is 15.5. The molecular formula is C24H20FNO2. The van der Waals surface area contributed by atoms with E-state index < -0.39 is 11.9 Å². The third kappa shape index (κ3) is 3.29. The molecule has 0 fully saturated rings. The number of aliphatic hydroxyl groups excluding tert-OH is 1. The predicted octanol–water partition coefficient (Wildman–Crippen LogP) is 5.19. The molecule has 1 amide bonds. The van der Waals surface area contributed by atoms with Crippen molar-refractivity contribution >= 4 is 11.5 Å². The summed E-state index contributed by atoms with van der Waals surface area (Å²) in [6.45, 7) is 2.30. The molecule has 0 radical (unpaired) electrons. The number of carbonyl (C=O) groups is 1. The lowest BCUT2D eigenvalue weighted by molar-refractivity contribution is -0.130. The Morgan fingerprint density at radius 2 is 1.68 bits per heavy atom. The highest BCUT2D eigenvalue weighted by Gasteiger charge is 2.41. The number of carbonyl (C=O) groups excluding carboxylic acids is 1. The Labute approximate surface area is 163 Å². The van der Waals surface area contributed by atoms with Gasteiger partial charge in [-0.2, -0.15) is 0 Å².